The molecule has 2 bridgehead atoms. The molecule has 0 aliphatic heterocycles. The van der Waals surface area contributed by atoms with E-state index in [1.807, 2.05) is 19.1 Å². The van der Waals surface area contributed by atoms with Gasteiger partial charge in [-0.05, 0) is 56.9 Å². The summed E-state index contributed by atoms with van der Waals surface area (Å²) in [6.07, 6.45) is 5.32. The summed E-state index contributed by atoms with van der Waals surface area (Å²) in [5, 5.41) is 4.63. The summed E-state index contributed by atoms with van der Waals surface area (Å²) in [7, 11) is 0. The minimum absolute atomic E-state index is 0.120. The topological polar surface area (TPSA) is 42.2 Å². The quantitative estimate of drug-likeness (QED) is 0.864. The van der Waals surface area contributed by atoms with Crippen LogP contribution in [0.15, 0.2) is 22.6 Å². The summed E-state index contributed by atoms with van der Waals surface area (Å²) in [4.78, 5) is 12.7. The van der Waals surface area contributed by atoms with Crippen molar-refractivity contribution in [1.82, 2.24) is 5.32 Å². The molecular weight excluding hydrogens is 310 g/mol. The third kappa shape index (κ3) is 2.46. The number of nitrogens with one attached hydrogen (secondary N) is 1. The first-order valence-corrected chi connectivity index (χ1v) is 8.91. The number of carbonyl (C=O) groups is 1. The first-order chi connectivity index (χ1) is 11.0. The highest BCUT2D eigenvalue weighted by Crippen LogP contribution is 2.49. The molecule has 3 nitrogen and oxygen atoms in total. The number of halogens is 1. The Kier molecular flexibility index (Phi) is 3.64. The van der Waals surface area contributed by atoms with E-state index in [4.69, 9.17) is 16.0 Å². The number of hydrogen-bond acceptors (Lipinski definition) is 2. The molecule has 4 unspecified atom stereocenters. The van der Waals surface area contributed by atoms with Crippen LogP contribution < -0.4 is 5.32 Å². The molecule has 0 spiro atoms. The molecule has 4 atom stereocenters. The van der Waals surface area contributed by atoms with Crippen LogP contribution in [0.5, 0.6) is 0 Å². The molecule has 0 saturated heterocycles. The third-order valence-electron chi connectivity index (χ3n) is 5.92. The van der Waals surface area contributed by atoms with Gasteiger partial charge in [-0.2, -0.15) is 0 Å². The molecule has 1 amide bonds. The van der Waals surface area contributed by atoms with Gasteiger partial charge in [0.15, 0.2) is 11.3 Å². The maximum atomic E-state index is 12.7. The van der Waals surface area contributed by atoms with Crippen molar-refractivity contribution in [3.63, 3.8) is 0 Å². The van der Waals surface area contributed by atoms with Crippen LogP contribution in [-0.4, -0.2) is 11.9 Å². The predicted octanol–water partition coefficient (Wildman–Crippen LogP) is 4.95. The Morgan fingerprint density at radius 2 is 2.17 bits per heavy atom. The van der Waals surface area contributed by atoms with Gasteiger partial charge in [-0.15, -0.1) is 0 Å². The molecule has 2 aromatic rings. The van der Waals surface area contributed by atoms with Gasteiger partial charge in [0, 0.05) is 17.0 Å². The molecule has 2 fully saturated rings. The first-order valence-electron chi connectivity index (χ1n) is 8.53. The number of benzene rings is 1. The number of para-hydroxylation sites is 1. The monoisotopic (exact) mass is 331 g/mol. The van der Waals surface area contributed by atoms with E-state index in [0.29, 0.717) is 22.3 Å². The van der Waals surface area contributed by atoms with Crippen molar-refractivity contribution in [3.05, 3.63) is 34.5 Å². The second-order valence-electron chi connectivity index (χ2n) is 7.27. The van der Waals surface area contributed by atoms with E-state index in [1.165, 1.54) is 25.7 Å². The van der Waals surface area contributed by atoms with Crippen molar-refractivity contribution >= 4 is 28.5 Å². The Hall–Kier alpha value is -1.48. The number of aryl methyl sites for hydroxylation is 1. The average Bonchev–Trinajstić information content (AvgIpc) is 3.22. The lowest BCUT2D eigenvalue weighted by Gasteiger charge is -2.28. The van der Waals surface area contributed by atoms with E-state index < -0.39 is 0 Å². The van der Waals surface area contributed by atoms with Gasteiger partial charge in [0.05, 0.1) is 5.02 Å². The molecule has 23 heavy (non-hydrogen) atoms. The minimum Gasteiger partial charge on any atom is -0.449 e. The second kappa shape index (κ2) is 5.55. The molecule has 1 heterocycles. The van der Waals surface area contributed by atoms with Crippen molar-refractivity contribution in [1.29, 1.82) is 0 Å². The van der Waals surface area contributed by atoms with Crippen molar-refractivity contribution in [2.45, 2.75) is 45.6 Å². The molecule has 1 N–H and O–H groups in total. The molecule has 4 heteroatoms. The summed E-state index contributed by atoms with van der Waals surface area (Å²) < 4.78 is 5.77. The maximum Gasteiger partial charge on any atom is 0.287 e. The summed E-state index contributed by atoms with van der Waals surface area (Å²) in [6.45, 7) is 4.05. The van der Waals surface area contributed by atoms with Gasteiger partial charge in [-0.1, -0.05) is 30.2 Å². The summed E-state index contributed by atoms with van der Waals surface area (Å²) in [6, 6.07) is 5.80. The van der Waals surface area contributed by atoms with Gasteiger partial charge in [0.2, 0.25) is 0 Å². The Bertz CT molecular complexity index is 766. The number of amides is 1. The summed E-state index contributed by atoms with van der Waals surface area (Å²) in [5.74, 6) is 2.57. The van der Waals surface area contributed by atoms with Crippen LogP contribution in [0, 0.1) is 24.7 Å². The molecule has 4 rings (SSSR count). The summed E-state index contributed by atoms with van der Waals surface area (Å²) >= 11 is 6.17. The molecule has 1 aromatic heterocycles. The van der Waals surface area contributed by atoms with Crippen LogP contribution in [0.4, 0.5) is 0 Å². The SMILES string of the molecule is Cc1c(C(=O)NC(C)C2CC3CCC2C3)oc2c(Cl)cccc12. The van der Waals surface area contributed by atoms with E-state index in [-0.39, 0.29) is 11.9 Å². The lowest BCUT2D eigenvalue weighted by atomic mass is 9.84. The van der Waals surface area contributed by atoms with Crippen LogP contribution in [0.2, 0.25) is 5.02 Å². The van der Waals surface area contributed by atoms with Crippen LogP contribution >= 0.6 is 11.6 Å². The van der Waals surface area contributed by atoms with Gasteiger partial charge >= 0.3 is 0 Å². The molecule has 2 aliphatic carbocycles. The normalized spacial score (nSPS) is 27.5. The second-order valence-corrected chi connectivity index (χ2v) is 7.68. The Balaban J connectivity index is 1.55. The lowest BCUT2D eigenvalue weighted by molar-refractivity contribution is 0.0888. The van der Waals surface area contributed by atoms with Gasteiger partial charge < -0.3 is 9.73 Å². The Morgan fingerprint density at radius 1 is 1.35 bits per heavy atom. The number of fused-ring (bicyclic) bond motifs is 3. The van der Waals surface area contributed by atoms with E-state index in [1.54, 1.807) is 6.07 Å². The average molecular weight is 332 g/mol. The summed E-state index contributed by atoms with van der Waals surface area (Å²) in [5.41, 5.74) is 1.46. The van der Waals surface area contributed by atoms with E-state index in [0.717, 1.165) is 22.8 Å². The maximum absolute atomic E-state index is 12.7. The molecule has 122 valence electrons. The lowest BCUT2D eigenvalue weighted by Crippen LogP contribution is -2.40. The highest BCUT2D eigenvalue weighted by atomic mass is 35.5. The fourth-order valence-corrected chi connectivity index (χ4v) is 4.92. The van der Waals surface area contributed by atoms with Crippen LogP contribution in [0.1, 0.15) is 48.7 Å². The Morgan fingerprint density at radius 3 is 2.83 bits per heavy atom. The molecule has 2 aliphatic rings. The third-order valence-corrected chi connectivity index (χ3v) is 6.21. The number of rotatable bonds is 3. The van der Waals surface area contributed by atoms with Crippen LogP contribution in [0.3, 0.4) is 0 Å². The van der Waals surface area contributed by atoms with Gasteiger partial charge in [-0.25, -0.2) is 0 Å². The fraction of sp³-hybridized carbons (Fsp3) is 0.526. The van der Waals surface area contributed by atoms with Gasteiger partial charge in [-0.3, -0.25) is 4.79 Å². The van der Waals surface area contributed by atoms with Crippen molar-refractivity contribution in [2.75, 3.05) is 0 Å². The zero-order chi connectivity index (χ0) is 16.1. The highest BCUT2D eigenvalue weighted by molar-refractivity contribution is 6.35. The van der Waals surface area contributed by atoms with Crippen LogP contribution in [-0.2, 0) is 0 Å². The largest absolute Gasteiger partial charge is 0.449 e. The van der Waals surface area contributed by atoms with Crippen molar-refractivity contribution in [2.24, 2.45) is 17.8 Å². The smallest absolute Gasteiger partial charge is 0.287 e. The Labute approximate surface area is 141 Å². The standard InChI is InChI=1S/C19H22ClNO2/c1-10-14-4-3-5-16(20)18(14)23-17(10)19(22)21-11(2)15-9-12-6-7-13(15)8-12/h3-5,11-13,15H,6-9H2,1-2H3,(H,21,22). The van der Waals surface area contributed by atoms with Gasteiger partial charge in [0.25, 0.3) is 5.91 Å². The predicted molar refractivity (Wildman–Crippen MR) is 91.8 cm³/mol. The molecule has 0 radical (unpaired) electrons. The van der Waals surface area contributed by atoms with E-state index >= 15 is 0 Å². The highest BCUT2D eigenvalue weighted by Gasteiger charge is 2.42. The van der Waals surface area contributed by atoms with E-state index in [9.17, 15) is 4.79 Å². The number of hydrogen-bond donors (Lipinski definition) is 1. The van der Waals surface area contributed by atoms with E-state index in [2.05, 4.69) is 12.2 Å². The van der Waals surface area contributed by atoms with Crippen molar-refractivity contribution < 1.29 is 9.21 Å². The first kappa shape index (κ1) is 15.1. The van der Waals surface area contributed by atoms with Crippen molar-refractivity contribution in [3.8, 4) is 0 Å². The minimum atomic E-state index is -0.120. The van der Waals surface area contributed by atoms with Crippen LogP contribution in [0.25, 0.3) is 11.0 Å². The molecule has 1 aromatic carbocycles. The zero-order valence-corrected chi connectivity index (χ0v) is 14.3. The number of carbonyl (C=O) groups excluding carboxylic acids is 1. The zero-order valence-electron chi connectivity index (χ0n) is 13.6. The molecule has 2 saturated carbocycles. The fourth-order valence-electron chi connectivity index (χ4n) is 4.71. The van der Waals surface area contributed by atoms with Gasteiger partial charge in [0.1, 0.15) is 0 Å². The molecular formula is C19H22ClNO2. The number of furan rings is 1.